The van der Waals surface area contributed by atoms with Crippen LogP contribution in [0.5, 0.6) is 0 Å². The predicted molar refractivity (Wildman–Crippen MR) is 94.8 cm³/mol. The fourth-order valence-electron chi connectivity index (χ4n) is 2.70. The van der Waals surface area contributed by atoms with Gasteiger partial charge in [0.1, 0.15) is 16.5 Å². The molecule has 0 aliphatic rings. The zero-order valence-corrected chi connectivity index (χ0v) is 13.9. The summed E-state index contributed by atoms with van der Waals surface area (Å²) in [7, 11) is 0. The summed E-state index contributed by atoms with van der Waals surface area (Å²) in [5, 5.41) is 13.8. The van der Waals surface area contributed by atoms with Crippen LogP contribution in [-0.2, 0) is 0 Å². The molecule has 4 aromatic rings. The van der Waals surface area contributed by atoms with Gasteiger partial charge in [0, 0.05) is 11.1 Å². The molecule has 8 heteroatoms. The molecule has 1 aromatic carbocycles. The quantitative estimate of drug-likeness (QED) is 0.532. The maximum atomic E-state index is 11.5. The number of benzene rings is 1. The number of rotatable bonds is 3. The molecule has 0 spiro atoms. The first kappa shape index (κ1) is 14.6. The zero-order valence-electron chi connectivity index (χ0n) is 13.0. The molecule has 3 heterocycles. The molecule has 1 amide bonds. The first-order chi connectivity index (χ1) is 11.5. The van der Waals surface area contributed by atoms with E-state index < -0.39 is 5.91 Å². The summed E-state index contributed by atoms with van der Waals surface area (Å²) in [6, 6.07) is 5.59. The van der Waals surface area contributed by atoms with Crippen LogP contribution in [0.3, 0.4) is 0 Å². The molecule has 7 nitrogen and oxygen atoms in total. The van der Waals surface area contributed by atoms with Crippen LogP contribution >= 0.6 is 11.3 Å². The summed E-state index contributed by atoms with van der Waals surface area (Å²) in [5.41, 5.74) is 8.27. The van der Waals surface area contributed by atoms with Crippen molar-refractivity contribution >= 4 is 49.9 Å². The molecule has 0 aliphatic carbocycles. The van der Waals surface area contributed by atoms with Gasteiger partial charge in [0.05, 0.1) is 10.9 Å². The number of nitrogens with two attached hydrogens (primary N) is 1. The number of carbonyl (C=O) groups excluding carboxylic acids is 1. The molecule has 0 saturated carbocycles. The number of hydrogen-bond donors (Lipinski definition) is 3. The topological polar surface area (TPSA) is 110 Å². The van der Waals surface area contributed by atoms with Crippen molar-refractivity contribution < 1.29 is 4.79 Å². The molecule has 0 fully saturated rings. The number of amides is 1. The van der Waals surface area contributed by atoms with Crippen molar-refractivity contribution in [3.05, 3.63) is 40.7 Å². The fraction of sp³-hybridized carbons (Fsp3) is 0.125. The largest absolute Gasteiger partial charge is 0.364 e. The van der Waals surface area contributed by atoms with Gasteiger partial charge in [0.25, 0.3) is 5.91 Å². The second-order valence-electron chi connectivity index (χ2n) is 5.54. The van der Waals surface area contributed by atoms with E-state index in [1.165, 1.54) is 0 Å². The molecule has 0 radical (unpaired) electrons. The zero-order chi connectivity index (χ0) is 16.8. The number of nitrogens with zero attached hydrogens (tertiary/aromatic N) is 3. The number of aryl methyl sites for hydroxylation is 2. The SMILES string of the molecule is Cc1nc(Nc2ccc3[nH]nc(C(N)=O)c3c2)c2c(C)csc2n1. The Kier molecular flexibility index (Phi) is 3.20. The van der Waals surface area contributed by atoms with Gasteiger partial charge in [-0.15, -0.1) is 11.3 Å². The molecular weight excluding hydrogens is 324 g/mol. The standard InChI is InChI=1S/C16H14N6OS/c1-7-6-24-16-12(7)15(18-8(2)19-16)20-9-3-4-11-10(5-9)13(14(17)23)22-21-11/h3-6H,1-2H3,(H2,17,23)(H,21,22)(H,18,19,20). The van der Waals surface area contributed by atoms with Crippen LogP contribution in [0.2, 0.25) is 0 Å². The van der Waals surface area contributed by atoms with Crippen molar-refractivity contribution in [1.29, 1.82) is 0 Å². The molecule has 3 aromatic heterocycles. The van der Waals surface area contributed by atoms with E-state index in [0.29, 0.717) is 11.2 Å². The van der Waals surface area contributed by atoms with Crippen LogP contribution in [0, 0.1) is 13.8 Å². The Bertz CT molecular complexity index is 1100. The molecule has 0 atom stereocenters. The van der Waals surface area contributed by atoms with Crippen LogP contribution in [-0.4, -0.2) is 26.1 Å². The lowest BCUT2D eigenvalue weighted by Crippen LogP contribution is -2.11. The number of anilines is 2. The summed E-state index contributed by atoms with van der Waals surface area (Å²) in [4.78, 5) is 21.4. The third-order valence-electron chi connectivity index (χ3n) is 3.79. The highest BCUT2D eigenvalue weighted by Gasteiger charge is 2.14. The number of aromatic nitrogens is 4. The van der Waals surface area contributed by atoms with E-state index in [4.69, 9.17) is 5.73 Å². The van der Waals surface area contributed by atoms with Crippen LogP contribution in [0.1, 0.15) is 21.9 Å². The normalized spacial score (nSPS) is 11.2. The van der Waals surface area contributed by atoms with Crippen LogP contribution < -0.4 is 11.1 Å². The molecule has 4 rings (SSSR count). The number of carbonyl (C=O) groups is 1. The molecule has 0 saturated heterocycles. The number of fused-ring (bicyclic) bond motifs is 2. The van der Waals surface area contributed by atoms with Crippen LogP contribution in [0.15, 0.2) is 23.6 Å². The van der Waals surface area contributed by atoms with E-state index in [-0.39, 0.29) is 5.69 Å². The van der Waals surface area contributed by atoms with Gasteiger partial charge >= 0.3 is 0 Å². The van der Waals surface area contributed by atoms with Gasteiger partial charge < -0.3 is 11.1 Å². The summed E-state index contributed by atoms with van der Waals surface area (Å²) >= 11 is 1.60. The minimum Gasteiger partial charge on any atom is -0.364 e. The van der Waals surface area contributed by atoms with E-state index >= 15 is 0 Å². The van der Waals surface area contributed by atoms with Gasteiger partial charge in [0.2, 0.25) is 0 Å². The molecule has 0 aliphatic heterocycles. The Balaban J connectivity index is 1.83. The second-order valence-corrected chi connectivity index (χ2v) is 6.40. The van der Waals surface area contributed by atoms with Gasteiger partial charge in [-0.1, -0.05) is 0 Å². The Labute approximate surface area is 140 Å². The first-order valence-corrected chi connectivity index (χ1v) is 8.18. The van der Waals surface area contributed by atoms with Crippen molar-refractivity contribution in [2.45, 2.75) is 13.8 Å². The van der Waals surface area contributed by atoms with Crippen molar-refractivity contribution in [2.24, 2.45) is 5.73 Å². The van der Waals surface area contributed by atoms with Crippen molar-refractivity contribution in [3.63, 3.8) is 0 Å². The Morgan fingerprint density at radius 3 is 2.92 bits per heavy atom. The number of aromatic amines is 1. The van der Waals surface area contributed by atoms with Gasteiger partial charge in [-0.3, -0.25) is 9.89 Å². The monoisotopic (exact) mass is 338 g/mol. The summed E-state index contributed by atoms with van der Waals surface area (Å²) in [6.45, 7) is 3.90. The number of hydrogen-bond acceptors (Lipinski definition) is 6. The Morgan fingerprint density at radius 2 is 2.12 bits per heavy atom. The van der Waals surface area contributed by atoms with E-state index in [0.717, 1.165) is 32.8 Å². The van der Waals surface area contributed by atoms with E-state index in [2.05, 4.69) is 30.9 Å². The summed E-state index contributed by atoms with van der Waals surface area (Å²) < 4.78 is 0. The molecule has 4 N–H and O–H groups in total. The average Bonchev–Trinajstić information content (AvgIpc) is 3.11. The minimum absolute atomic E-state index is 0.226. The highest BCUT2D eigenvalue weighted by atomic mass is 32.1. The smallest absolute Gasteiger partial charge is 0.269 e. The molecule has 0 bridgehead atoms. The Hall–Kier alpha value is -3.00. The van der Waals surface area contributed by atoms with Crippen molar-refractivity contribution in [1.82, 2.24) is 20.2 Å². The van der Waals surface area contributed by atoms with Crippen LogP contribution in [0.25, 0.3) is 21.1 Å². The molecule has 120 valence electrons. The van der Waals surface area contributed by atoms with E-state index in [1.54, 1.807) is 11.3 Å². The van der Waals surface area contributed by atoms with Gasteiger partial charge in [-0.05, 0) is 43.0 Å². The highest BCUT2D eigenvalue weighted by Crippen LogP contribution is 2.32. The van der Waals surface area contributed by atoms with Gasteiger partial charge in [-0.25, -0.2) is 9.97 Å². The Morgan fingerprint density at radius 1 is 1.29 bits per heavy atom. The molecule has 0 unspecified atom stereocenters. The van der Waals surface area contributed by atoms with Crippen molar-refractivity contribution in [3.8, 4) is 0 Å². The predicted octanol–water partition coefficient (Wildman–Crippen LogP) is 3.03. The maximum Gasteiger partial charge on any atom is 0.269 e. The number of H-pyrrole nitrogens is 1. The fourth-order valence-corrected chi connectivity index (χ4v) is 3.66. The average molecular weight is 338 g/mol. The highest BCUT2D eigenvalue weighted by molar-refractivity contribution is 7.17. The number of thiophene rings is 1. The number of primary amides is 1. The van der Waals surface area contributed by atoms with E-state index in [9.17, 15) is 4.79 Å². The first-order valence-electron chi connectivity index (χ1n) is 7.30. The van der Waals surface area contributed by atoms with Crippen LogP contribution in [0.4, 0.5) is 11.5 Å². The third-order valence-corrected chi connectivity index (χ3v) is 4.78. The maximum absolute atomic E-state index is 11.5. The lowest BCUT2D eigenvalue weighted by molar-refractivity contribution is 0.0997. The van der Waals surface area contributed by atoms with Gasteiger partial charge in [0.15, 0.2) is 5.69 Å². The minimum atomic E-state index is -0.563. The third kappa shape index (κ3) is 2.28. The summed E-state index contributed by atoms with van der Waals surface area (Å²) in [5.74, 6) is 0.890. The summed E-state index contributed by atoms with van der Waals surface area (Å²) in [6.07, 6.45) is 0. The van der Waals surface area contributed by atoms with Crippen molar-refractivity contribution in [2.75, 3.05) is 5.32 Å². The molecule has 24 heavy (non-hydrogen) atoms. The lowest BCUT2D eigenvalue weighted by atomic mass is 10.1. The number of nitrogens with one attached hydrogen (secondary N) is 2. The molecular formula is C16H14N6OS. The van der Waals surface area contributed by atoms with E-state index in [1.807, 2.05) is 32.0 Å². The lowest BCUT2D eigenvalue weighted by Gasteiger charge is -2.09. The van der Waals surface area contributed by atoms with Gasteiger partial charge in [-0.2, -0.15) is 5.10 Å². The second kappa shape index (κ2) is 5.27.